The first-order valence-corrected chi connectivity index (χ1v) is 7.26. The van der Waals surface area contributed by atoms with E-state index in [0.717, 1.165) is 32.1 Å². The molecule has 1 fully saturated rings. The SMILES string of the molecule is CCCCc1ccc(C(=O)OOC2CCCC2)cc1. The van der Waals surface area contributed by atoms with E-state index in [4.69, 9.17) is 9.78 Å². The largest absolute Gasteiger partial charge is 0.373 e. The molecule has 19 heavy (non-hydrogen) atoms. The van der Waals surface area contributed by atoms with Crippen molar-refractivity contribution in [2.45, 2.75) is 58.0 Å². The van der Waals surface area contributed by atoms with E-state index >= 15 is 0 Å². The predicted octanol–water partition coefficient (Wildman–Crippen LogP) is 4.06. The third-order valence-electron chi connectivity index (χ3n) is 3.57. The molecule has 0 amide bonds. The van der Waals surface area contributed by atoms with E-state index < -0.39 is 5.97 Å². The van der Waals surface area contributed by atoms with Gasteiger partial charge in [0.2, 0.25) is 0 Å². The predicted molar refractivity (Wildman–Crippen MR) is 73.8 cm³/mol. The molecule has 1 aromatic carbocycles. The Hall–Kier alpha value is -1.35. The number of hydrogen-bond donors (Lipinski definition) is 0. The van der Waals surface area contributed by atoms with Gasteiger partial charge in [-0.15, -0.1) is 0 Å². The van der Waals surface area contributed by atoms with Crippen LogP contribution in [0, 0.1) is 0 Å². The fraction of sp³-hybridized carbons (Fsp3) is 0.562. The first-order valence-electron chi connectivity index (χ1n) is 7.26. The van der Waals surface area contributed by atoms with Gasteiger partial charge in [0.1, 0.15) is 6.10 Å². The summed E-state index contributed by atoms with van der Waals surface area (Å²) in [5, 5.41) is 0. The summed E-state index contributed by atoms with van der Waals surface area (Å²) in [5.74, 6) is -0.394. The molecule has 0 N–H and O–H groups in total. The van der Waals surface area contributed by atoms with Crippen molar-refractivity contribution in [1.29, 1.82) is 0 Å². The van der Waals surface area contributed by atoms with Crippen LogP contribution in [0.1, 0.15) is 61.4 Å². The summed E-state index contributed by atoms with van der Waals surface area (Å²) in [6, 6.07) is 7.60. The van der Waals surface area contributed by atoms with Crippen molar-refractivity contribution < 1.29 is 14.6 Å². The lowest BCUT2D eigenvalue weighted by atomic mass is 10.1. The molecule has 2 rings (SSSR count). The molecule has 0 atom stereocenters. The minimum Gasteiger partial charge on any atom is -0.293 e. The lowest BCUT2D eigenvalue weighted by molar-refractivity contribution is -0.272. The molecular formula is C16H22O3. The van der Waals surface area contributed by atoms with Gasteiger partial charge in [0.15, 0.2) is 0 Å². The molecule has 1 aromatic rings. The van der Waals surface area contributed by atoms with Crippen molar-refractivity contribution in [2.75, 3.05) is 0 Å². The molecule has 0 radical (unpaired) electrons. The normalized spacial score (nSPS) is 15.6. The summed E-state index contributed by atoms with van der Waals surface area (Å²) in [5.41, 5.74) is 1.81. The second-order valence-corrected chi connectivity index (χ2v) is 5.17. The molecule has 0 aromatic heterocycles. The fourth-order valence-electron chi connectivity index (χ4n) is 2.33. The van der Waals surface area contributed by atoms with Crippen molar-refractivity contribution in [2.24, 2.45) is 0 Å². The maximum absolute atomic E-state index is 11.8. The van der Waals surface area contributed by atoms with Crippen molar-refractivity contribution in [3.8, 4) is 0 Å². The molecule has 3 nitrogen and oxygen atoms in total. The van der Waals surface area contributed by atoms with Gasteiger partial charge < -0.3 is 0 Å². The maximum atomic E-state index is 11.8. The number of unbranched alkanes of at least 4 members (excludes halogenated alkanes) is 1. The quantitative estimate of drug-likeness (QED) is 0.573. The topological polar surface area (TPSA) is 35.5 Å². The molecule has 0 aliphatic heterocycles. The van der Waals surface area contributed by atoms with Crippen LogP contribution in [0.2, 0.25) is 0 Å². The summed E-state index contributed by atoms with van der Waals surface area (Å²) >= 11 is 0. The fourth-order valence-corrected chi connectivity index (χ4v) is 2.33. The Kier molecular flexibility index (Phi) is 5.40. The van der Waals surface area contributed by atoms with Crippen LogP contribution in [0.5, 0.6) is 0 Å². The van der Waals surface area contributed by atoms with Crippen LogP contribution in [-0.4, -0.2) is 12.1 Å². The van der Waals surface area contributed by atoms with Gasteiger partial charge in [-0.25, -0.2) is 4.79 Å². The van der Waals surface area contributed by atoms with Crippen LogP contribution in [0.15, 0.2) is 24.3 Å². The molecular weight excluding hydrogens is 240 g/mol. The van der Waals surface area contributed by atoms with Crippen LogP contribution < -0.4 is 0 Å². The summed E-state index contributed by atoms with van der Waals surface area (Å²) in [7, 11) is 0. The van der Waals surface area contributed by atoms with E-state index in [1.165, 1.54) is 18.4 Å². The highest BCUT2D eigenvalue weighted by atomic mass is 17.2. The molecule has 104 valence electrons. The molecule has 0 unspecified atom stereocenters. The number of carbonyl (C=O) groups excluding carboxylic acids is 1. The van der Waals surface area contributed by atoms with E-state index in [2.05, 4.69) is 6.92 Å². The van der Waals surface area contributed by atoms with Gasteiger partial charge in [0, 0.05) is 0 Å². The third-order valence-corrected chi connectivity index (χ3v) is 3.57. The average molecular weight is 262 g/mol. The number of hydrogen-bond acceptors (Lipinski definition) is 3. The Morgan fingerprint density at radius 2 is 1.89 bits per heavy atom. The zero-order chi connectivity index (χ0) is 13.5. The smallest absolute Gasteiger partial charge is 0.293 e. The molecule has 3 heteroatoms. The number of carbonyl (C=O) groups is 1. The maximum Gasteiger partial charge on any atom is 0.373 e. The van der Waals surface area contributed by atoms with E-state index in [0.29, 0.717) is 5.56 Å². The molecule has 0 spiro atoms. The van der Waals surface area contributed by atoms with Crippen molar-refractivity contribution in [1.82, 2.24) is 0 Å². The molecule has 1 saturated carbocycles. The molecule has 1 aliphatic rings. The molecule has 1 aliphatic carbocycles. The van der Waals surface area contributed by atoms with E-state index in [1.807, 2.05) is 24.3 Å². The second kappa shape index (κ2) is 7.29. The van der Waals surface area contributed by atoms with Crippen LogP contribution in [0.25, 0.3) is 0 Å². The second-order valence-electron chi connectivity index (χ2n) is 5.17. The summed E-state index contributed by atoms with van der Waals surface area (Å²) in [4.78, 5) is 21.8. The highest BCUT2D eigenvalue weighted by Gasteiger charge is 2.19. The van der Waals surface area contributed by atoms with E-state index in [1.54, 1.807) is 0 Å². The van der Waals surface area contributed by atoms with Gasteiger partial charge in [0.25, 0.3) is 0 Å². The van der Waals surface area contributed by atoms with Crippen LogP contribution in [0.3, 0.4) is 0 Å². The minimum atomic E-state index is -0.394. The van der Waals surface area contributed by atoms with Gasteiger partial charge in [0.05, 0.1) is 5.56 Å². The lowest BCUT2D eigenvalue weighted by Gasteiger charge is -2.09. The number of benzene rings is 1. The Balaban J connectivity index is 1.81. The Morgan fingerprint density at radius 1 is 1.21 bits per heavy atom. The zero-order valence-corrected chi connectivity index (χ0v) is 11.6. The Labute approximate surface area is 114 Å². The summed E-state index contributed by atoms with van der Waals surface area (Å²) in [6.45, 7) is 2.17. The first kappa shape index (κ1) is 14.1. The Bertz CT molecular complexity index is 391. The van der Waals surface area contributed by atoms with Crippen LogP contribution >= 0.6 is 0 Å². The van der Waals surface area contributed by atoms with Crippen molar-refractivity contribution in [3.05, 3.63) is 35.4 Å². The number of aryl methyl sites for hydroxylation is 1. The minimum absolute atomic E-state index is 0.0905. The van der Waals surface area contributed by atoms with E-state index in [-0.39, 0.29) is 6.10 Å². The average Bonchev–Trinajstić information content (AvgIpc) is 2.96. The number of rotatable bonds is 6. The summed E-state index contributed by atoms with van der Waals surface area (Å²) < 4.78 is 0. The van der Waals surface area contributed by atoms with Crippen LogP contribution in [0.4, 0.5) is 0 Å². The van der Waals surface area contributed by atoms with Gasteiger partial charge in [-0.2, -0.15) is 4.89 Å². The van der Waals surface area contributed by atoms with Crippen LogP contribution in [-0.2, 0) is 16.2 Å². The van der Waals surface area contributed by atoms with Gasteiger partial charge in [-0.1, -0.05) is 38.3 Å². The first-order chi connectivity index (χ1) is 9.29. The highest BCUT2D eigenvalue weighted by molar-refractivity contribution is 5.88. The standard InChI is InChI=1S/C16H22O3/c1-2-3-6-13-9-11-14(12-10-13)16(17)19-18-15-7-4-5-8-15/h9-12,15H,2-8H2,1H3. The van der Waals surface area contributed by atoms with E-state index in [9.17, 15) is 4.79 Å². The van der Waals surface area contributed by atoms with Gasteiger partial charge in [-0.3, -0.25) is 4.89 Å². The summed E-state index contributed by atoms with van der Waals surface area (Å²) in [6.07, 6.45) is 7.81. The van der Waals surface area contributed by atoms with Gasteiger partial charge >= 0.3 is 5.97 Å². The highest BCUT2D eigenvalue weighted by Crippen LogP contribution is 2.21. The van der Waals surface area contributed by atoms with Crippen molar-refractivity contribution >= 4 is 5.97 Å². The third kappa shape index (κ3) is 4.35. The monoisotopic (exact) mass is 262 g/mol. The molecule has 0 bridgehead atoms. The molecule has 0 heterocycles. The molecule has 0 saturated heterocycles. The van der Waals surface area contributed by atoms with Gasteiger partial charge in [-0.05, 0) is 43.4 Å². The lowest BCUT2D eigenvalue weighted by Crippen LogP contribution is -2.13. The van der Waals surface area contributed by atoms with Crippen molar-refractivity contribution in [3.63, 3.8) is 0 Å². The zero-order valence-electron chi connectivity index (χ0n) is 11.6. The Morgan fingerprint density at radius 3 is 2.53 bits per heavy atom.